The van der Waals surface area contributed by atoms with Crippen molar-refractivity contribution < 1.29 is 9.72 Å². The van der Waals surface area contributed by atoms with Crippen LogP contribution in [0.4, 0.5) is 11.4 Å². The van der Waals surface area contributed by atoms with Crippen LogP contribution in [-0.4, -0.2) is 33.1 Å². The van der Waals surface area contributed by atoms with Gasteiger partial charge in [-0.25, -0.2) is 0 Å². The van der Waals surface area contributed by atoms with E-state index >= 15 is 0 Å². The number of thiocarbonyl (C=S) groups is 1. The average Bonchev–Trinajstić information content (AvgIpc) is 2.68. The molecule has 0 spiro atoms. The van der Waals surface area contributed by atoms with Crippen molar-refractivity contribution >= 4 is 45.6 Å². The number of hydrogen-bond acceptors (Lipinski definition) is 5. The van der Waals surface area contributed by atoms with Gasteiger partial charge in [0.25, 0.3) is 5.69 Å². The Morgan fingerprint density at radius 3 is 2.43 bits per heavy atom. The first-order valence-electron chi connectivity index (χ1n) is 8.93. The van der Waals surface area contributed by atoms with Gasteiger partial charge in [0.2, 0.25) is 5.91 Å². The molecule has 0 bridgehead atoms. The van der Waals surface area contributed by atoms with Crippen molar-refractivity contribution in [3.63, 3.8) is 0 Å². The lowest BCUT2D eigenvalue weighted by Crippen LogP contribution is -2.29. The molecule has 2 aromatic carbocycles. The van der Waals surface area contributed by atoms with Gasteiger partial charge in [0, 0.05) is 19.2 Å². The maximum Gasteiger partial charge on any atom is 0.293 e. The van der Waals surface area contributed by atoms with E-state index in [0.29, 0.717) is 4.32 Å². The van der Waals surface area contributed by atoms with Crippen LogP contribution in [0.2, 0.25) is 0 Å². The summed E-state index contributed by atoms with van der Waals surface area (Å²) < 4.78 is 0.618. The van der Waals surface area contributed by atoms with Gasteiger partial charge >= 0.3 is 0 Å². The highest BCUT2D eigenvalue weighted by Gasteiger charge is 2.26. The SMILES string of the molecule is CCN(CC)C(=S)S[C@@H](C(=O)Nc1ccc(C)cc1[N+](=O)[O-])c1ccccc1. The van der Waals surface area contributed by atoms with Gasteiger partial charge in [-0.05, 0) is 38.0 Å². The summed E-state index contributed by atoms with van der Waals surface area (Å²) in [7, 11) is 0. The maximum atomic E-state index is 13.1. The molecule has 0 aromatic heterocycles. The van der Waals surface area contributed by atoms with Crippen molar-refractivity contribution in [3.05, 3.63) is 69.8 Å². The molecule has 0 saturated carbocycles. The number of amides is 1. The molecule has 0 unspecified atom stereocenters. The number of nitrogens with one attached hydrogen (secondary N) is 1. The van der Waals surface area contributed by atoms with E-state index in [2.05, 4.69) is 5.32 Å². The number of nitrogens with zero attached hydrogens (tertiary/aromatic N) is 2. The molecule has 8 heteroatoms. The van der Waals surface area contributed by atoms with Crippen LogP contribution in [0.1, 0.15) is 30.2 Å². The third-order valence-corrected chi connectivity index (χ3v) is 5.92. The number of rotatable bonds is 7. The number of nitro benzene ring substituents is 1. The summed E-state index contributed by atoms with van der Waals surface area (Å²) in [4.78, 5) is 25.9. The number of anilines is 1. The minimum Gasteiger partial charge on any atom is -0.358 e. The molecule has 148 valence electrons. The highest BCUT2D eigenvalue weighted by molar-refractivity contribution is 8.23. The van der Waals surface area contributed by atoms with E-state index in [-0.39, 0.29) is 17.3 Å². The molecular weight excluding hydrogens is 394 g/mol. The van der Waals surface area contributed by atoms with E-state index in [1.165, 1.54) is 17.8 Å². The van der Waals surface area contributed by atoms with Gasteiger partial charge in [-0.1, -0.05) is 60.4 Å². The van der Waals surface area contributed by atoms with Crippen molar-refractivity contribution in [2.45, 2.75) is 26.0 Å². The van der Waals surface area contributed by atoms with Crippen LogP contribution in [0.3, 0.4) is 0 Å². The average molecular weight is 418 g/mol. The number of nitro groups is 1. The number of carbonyl (C=O) groups is 1. The molecule has 2 rings (SSSR count). The Kier molecular flexibility index (Phi) is 7.95. The van der Waals surface area contributed by atoms with E-state index in [1.54, 1.807) is 19.1 Å². The number of hydrogen-bond donors (Lipinski definition) is 1. The van der Waals surface area contributed by atoms with Crippen molar-refractivity contribution in [1.82, 2.24) is 4.90 Å². The second-order valence-electron chi connectivity index (χ2n) is 6.11. The molecular formula is C20H23N3O3S2. The maximum absolute atomic E-state index is 13.1. The van der Waals surface area contributed by atoms with Gasteiger partial charge in [-0.3, -0.25) is 14.9 Å². The van der Waals surface area contributed by atoms with Crippen LogP contribution in [-0.2, 0) is 4.79 Å². The monoisotopic (exact) mass is 417 g/mol. The summed E-state index contributed by atoms with van der Waals surface area (Å²) in [6, 6.07) is 14.0. The Labute approximate surface area is 174 Å². The Morgan fingerprint density at radius 1 is 1.21 bits per heavy atom. The van der Waals surface area contributed by atoms with Crippen LogP contribution >= 0.6 is 24.0 Å². The minimum atomic E-state index is -0.616. The standard InChI is InChI=1S/C20H23N3O3S2/c1-4-22(5-2)20(27)28-18(15-9-7-6-8-10-15)19(24)21-16-12-11-14(3)13-17(16)23(25)26/h6-13,18H,4-5H2,1-3H3,(H,21,24)/t18-/m1/s1. The van der Waals surface area contributed by atoms with Crippen molar-refractivity contribution in [3.8, 4) is 0 Å². The molecule has 0 aliphatic rings. The van der Waals surface area contributed by atoms with E-state index in [4.69, 9.17) is 12.2 Å². The molecule has 6 nitrogen and oxygen atoms in total. The summed E-state index contributed by atoms with van der Waals surface area (Å²) in [6.07, 6.45) is 0. The lowest BCUT2D eigenvalue weighted by molar-refractivity contribution is -0.384. The fourth-order valence-electron chi connectivity index (χ4n) is 2.65. The van der Waals surface area contributed by atoms with Crippen molar-refractivity contribution in [2.75, 3.05) is 18.4 Å². The molecule has 2 aromatic rings. The predicted octanol–water partition coefficient (Wildman–Crippen LogP) is 4.94. The van der Waals surface area contributed by atoms with Gasteiger partial charge < -0.3 is 10.2 Å². The summed E-state index contributed by atoms with van der Waals surface area (Å²) in [5.74, 6) is -0.349. The largest absolute Gasteiger partial charge is 0.358 e. The van der Waals surface area contributed by atoms with Crippen LogP contribution < -0.4 is 5.32 Å². The molecule has 28 heavy (non-hydrogen) atoms. The van der Waals surface area contributed by atoms with E-state index in [9.17, 15) is 14.9 Å². The minimum absolute atomic E-state index is 0.128. The van der Waals surface area contributed by atoms with Gasteiger partial charge in [0.1, 0.15) is 15.3 Å². The molecule has 0 fully saturated rings. The third kappa shape index (κ3) is 5.53. The van der Waals surface area contributed by atoms with Crippen LogP contribution in [0.5, 0.6) is 0 Å². The van der Waals surface area contributed by atoms with Gasteiger partial charge in [-0.15, -0.1) is 0 Å². The van der Waals surface area contributed by atoms with Crippen LogP contribution in [0.15, 0.2) is 48.5 Å². The zero-order valence-corrected chi connectivity index (χ0v) is 17.7. The van der Waals surface area contributed by atoms with Gasteiger partial charge in [-0.2, -0.15) is 0 Å². The Hall–Kier alpha value is -2.45. The first-order valence-corrected chi connectivity index (χ1v) is 10.2. The number of aryl methyl sites for hydroxylation is 1. The molecule has 1 N–H and O–H groups in total. The first kappa shape index (κ1) is 21.8. The highest BCUT2D eigenvalue weighted by atomic mass is 32.2. The molecule has 0 heterocycles. The molecule has 0 radical (unpaired) electrons. The highest BCUT2D eigenvalue weighted by Crippen LogP contribution is 2.34. The van der Waals surface area contributed by atoms with Crippen molar-refractivity contribution in [2.24, 2.45) is 0 Å². The topological polar surface area (TPSA) is 75.5 Å². The predicted molar refractivity (Wildman–Crippen MR) is 119 cm³/mol. The zero-order valence-electron chi connectivity index (χ0n) is 16.0. The smallest absolute Gasteiger partial charge is 0.293 e. The zero-order chi connectivity index (χ0) is 20.7. The first-order chi connectivity index (χ1) is 13.4. The molecule has 0 saturated heterocycles. The Balaban J connectivity index is 2.32. The number of benzene rings is 2. The quantitative estimate of drug-likeness (QED) is 0.391. The normalized spacial score (nSPS) is 11.5. The van der Waals surface area contributed by atoms with Crippen LogP contribution in [0.25, 0.3) is 0 Å². The third-order valence-electron chi connectivity index (χ3n) is 4.19. The molecule has 0 aliphatic carbocycles. The number of carbonyl (C=O) groups excluding carboxylic acids is 1. The molecule has 1 atom stereocenters. The fraction of sp³-hybridized carbons (Fsp3) is 0.300. The van der Waals surface area contributed by atoms with E-state index < -0.39 is 10.2 Å². The van der Waals surface area contributed by atoms with E-state index in [0.717, 1.165) is 24.2 Å². The summed E-state index contributed by atoms with van der Waals surface area (Å²) in [5.41, 5.74) is 1.59. The molecule has 0 aliphatic heterocycles. The Morgan fingerprint density at radius 2 is 1.86 bits per heavy atom. The fourth-order valence-corrected chi connectivity index (χ4v) is 4.27. The second-order valence-corrected chi connectivity index (χ2v) is 7.85. The summed E-state index contributed by atoms with van der Waals surface area (Å²) >= 11 is 6.79. The van der Waals surface area contributed by atoms with E-state index in [1.807, 2.05) is 49.1 Å². The second kappa shape index (κ2) is 10.2. The summed E-state index contributed by atoms with van der Waals surface area (Å²) in [6.45, 7) is 7.26. The number of thioether (sulfide) groups is 1. The molecule has 1 amide bonds. The van der Waals surface area contributed by atoms with Crippen molar-refractivity contribution in [1.29, 1.82) is 0 Å². The lowest BCUT2D eigenvalue weighted by atomic mass is 10.1. The van der Waals surface area contributed by atoms with Gasteiger partial charge in [0.15, 0.2) is 0 Å². The lowest BCUT2D eigenvalue weighted by Gasteiger charge is -2.24. The van der Waals surface area contributed by atoms with Crippen LogP contribution in [0, 0.1) is 17.0 Å². The summed E-state index contributed by atoms with van der Waals surface area (Å²) in [5, 5.41) is 13.5. The van der Waals surface area contributed by atoms with Gasteiger partial charge in [0.05, 0.1) is 4.92 Å². The Bertz CT molecular complexity index is 855.